The number of hydrogen-bond donors (Lipinski definition) is 1. The summed E-state index contributed by atoms with van der Waals surface area (Å²) in [5, 5.41) is 3.34. The van der Waals surface area contributed by atoms with Crippen LogP contribution in [0.1, 0.15) is 21.5 Å². The maximum atomic E-state index is 13.2. The molecule has 0 aromatic heterocycles. The van der Waals surface area contributed by atoms with Crippen LogP contribution in [0.4, 0.5) is 10.1 Å². The van der Waals surface area contributed by atoms with Crippen molar-refractivity contribution < 1.29 is 9.18 Å². The molecular formula is C15H9BrCl2FNO. The van der Waals surface area contributed by atoms with Gasteiger partial charge in [0.05, 0.1) is 16.3 Å². The molecule has 0 saturated carbocycles. The Morgan fingerprint density at radius 3 is 2.67 bits per heavy atom. The van der Waals surface area contributed by atoms with E-state index < -0.39 is 5.82 Å². The van der Waals surface area contributed by atoms with Gasteiger partial charge >= 0.3 is 0 Å². The summed E-state index contributed by atoms with van der Waals surface area (Å²) in [6.07, 6.45) is 0.337. The van der Waals surface area contributed by atoms with Crippen LogP contribution in [-0.4, -0.2) is 5.91 Å². The highest BCUT2D eigenvalue weighted by molar-refractivity contribution is 9.09. The number of anilines is 1. The molecule has 0 spiro atoms. The first kappa shape index (κ1) is 14.8. The Hall–Kier alpha value is -1.10. The van der Waals surface area contributed by atoms with Gasteiger partial charge in [-0.05, 0) is 34.9 Å². The van der Waals surface area contributed by atoms with E-state index in [0.29, 0.717) is 11.4 Å². The van der Waals surface area contributed by atoms with Gasteiger partial charge in [-0.3, -0.25) is 4.79 Å². The summed E-state index contributed by atoms with van der Waals surface area (Å²) < 4.78 is 13.2. The lowest BCUT2D eigenvalue weighted by Gasteiger charge is -2.14. The predicted molar refractivity (Wildman–Crippen MR) is 86.0 cm³/mol. The Labute approximate surface area is 139 Å². The van der Waals surface area contributed by atoms with Gasteiger partial charge in [0.1, 0.15) is 5.82 Å². The summed E-state index contributed by atoms with van der Waals surface area (Å²) in [4.78, 5) is 11.2. The molecule has 2 aromatic rings. The summed E-state index contributed by atoms with van der Waals surface area (Å²) in [6, 6.07) is 8.14. The SMILES string of the molecule is O=C1Cc2cc(C(Br)c3ccc(F)c(Cl)c3)c(Cl)cc2N1. The molecule has 2 nitrogen and oxygen atoms in total. The van der Waals surface area contributed by atoms with E-state index in [2.05, 4.69) is 21.2 Å². The zero-order chi connectivity index (χ0) is 15.1. The lowest BCUT2D eigenvalue weighted by atomic mass is 10.0. The van der Waals surface area contributed by atoms with Crippen LogP contribution < -0.4 is 5.32 Å². The molecule has 0 aliphatic carbocycles. The van der Waals surface area contributed by atoms with Crippen molar-refractivity contribution in [3.8, 4) is 0 Å². The molecule has 1 unspecified atom stereocenters. The van der Waals surface area contributed by atoms with Crippen molar-refractivity contribution >= 4 is 50.7 Å². The van der Waals surface area contributed by atoms with E-state index in [1.54, 1.807) is 18.2 Å². The van der Waals surface area contributed by atoms with Gasteiger partial charge < -0.3 is 5.32 Å². The van der Waals surface area contributed by atoms with Gasteiger partial charge in [0.25, 0.3) is 0 Å². The minimum Gasteiger partial charge on any atom is -0.325 e. The topological polar surface area (TPSA) is 29.1 Å². The first-order chi connectivity index (χ1) is 9.95. The second kappa shape index (κ2) is 5.59. The highest BCUT2D eigenvalue weighted by Crippen LogP contribution is 2.40. The molecule has 1 heterocycles. The highest BCUT2D eigenvalue weighted by atomic mass is 79.9. The van der Waals surface area contributed by atoms with Gasteiger partial charge in [-0.1, -0.05) is 51.3 Å². The zero-order valence-electron chi connectivity index (χ0n) is 10.6. The third-order valence-corrected chi connectivity index (χ3v) is 5.00. The van der Waals surface area contributed by atoms with Crippen LogP contribution in [0.2, 0.25) is 10.0 Å². The van der Waals surface area contributed by atoms with E-state index in [-0.39, 0.29) is 15.8 Å². The summed E-state index contributed by atoms with van der Waals surface area (Å²) in [7, 11) is 0. The van der Waals surface area contributed by atoms with E-state index in [1.165, 1.54) is 6.07 Å². The number of rotatable bonds is 2. The average Bonchev–Trinajstić information content (AvgIpc) is 2.79. The van der Waals surface area contributed by atoms with Crippen molar-refractivity contribution in [2.24, 2.45) is 0 Å². The van der Waals surface area contributed by atoms with Crippen molar-refractivity contribution in [2.45, 2.75) is 11.2 Å². The minimum atomic E-state index is -0.463. The molecule has 0 radical (unpaired) electrons. The molecule has 2 aromatic carbocycles. The van der Waals surface area contributed by atoms with Crippen LogP contribution >= 0.6 is 39.1 Å². The summed E-state index contributed by atoms with van der Waals surface area (Å²) in [6.45, 7) is 0. The van der Waals surface area contributed by atoms with Crippen molar-refractivity contribution in [3.63, 3.8) is 0 Å². The predicted octanol–water partition coefficient (Wildman–Crippen LogP) is 5.11. The Kier molecular flexibility index (Phi) is 3.95. The lowest BCUT2D eigenvalue weighted by Crippen LogP contribution is -2.03. The number of alkyl halides is 1. The van der Waals surface area contributed by atoms with Gasteiger partial charge in [-0.25, -0.2) is 4.39 Å². The van der Waals surface area contributed by atoms with Gasteiger partial charge in [0, 0.05) is 10.7 Å². The molecule has 6 heteroatoms. The third-order valence-electron chi connectivity index (χ3n) is 3.36. The molecule has 21 heavy (non-hydrogen) atoms. The molecule has 0 saturated heterocycles. The Balaban J connectivity index is 2.02. The smallest absolute Gasteiger partial charge is 0.228 e. The van der Waals surface area contributed by atoms with Crippen LogP contribution in [-0.2, 0) is 11.2 Å². The number of nitrogens with one attached hydrogen (secondary N) is 1. The van der Waals surface area contributed by atoms with Crippen LogP contribution in [0.3, 0.4) is 0 Å². The third kappa shape index (κ3) is 2.80. The fraction of sp³-hybridized carbons (Fsp3) is 0.133. The van der Waals surface area contributed by atoms with Crippen LogP contribution in [0.5, 0.6) is 0 Å². The summed E-state index contributed by atoms with van der Waals surface area (Å²) in [5.74, 6) is -0.510. The second-order valence-corrected chi connectivity index (χ2v) is 6.52. The molecule has 1 atom stereocenters. The Morgan fingerprint density at radius 1 is 1.19 bits per heavy atom. The largest absolute Gasteiger partial charge is 0.325 e. The van der Waals surface area contributed by atoms with Crippen molar-refractivity contribution in [1.82, 2.24) is 0 Å². The van der Waals surface area contributed by atoms with E-state index in [4.69, 9.17) is 23.2 Å². The standard InChI is InChI=1S/C15H9BrCl2FNO/c16-15(7-1-2-12(19)11(18)4-7)9-3-8-5-14(21)20-13(8)6-10(9)17/h1-4,6,15H,5H2,(H,20,21). The number of hydrogen-bond acceptors (Lipinski definition) is 1. The van der Waals surface area contributed by atoms with Gasteiger partial charge in [-0.2, -0.15) is 0 Å². The molecule has 1 aliphatic heterocycles. The number of amides is 1. The van der Waals surface area contributed by atoms with Crippen molar-refractivity contribution in [3.05, 3.63) is 62.9 Å². The average molecular weight is 389 g/mol. The van der Waals surface area contributed by atoms with E-state index >= 15 is 0 Å². The monoisotopic (exact) mass is 387 g/mol. The van der Waals surface area contributed by atoms with Crippen LogP contribution in [0.15, 0.2) is 30.3 Å². The molecular weight excluding hydrogens is 380 g/mol. The number of fused-ring (bicyclic) bond motifs is 1. The first-order valence-corrected chi connectivity index (χ1v) is 7.84. The second-order valence-electron chi connectivity index (χ2n) is 4.79. The van der Waals surface area contributed by atoms with Gasteiger partial charge in [-0.15, -0.1) is 0 Å². The summed E-state index contributed by atoms with van der Waals surface area (Å²) >= 11 is 15.7. The lowest BCUT2D eigenvalue weighted by molar-refractivity contribution is -0.115. The molecule has 0 fully saturated rings. The minimum absolute atomic E-state index is 0.0471. The molecule has 1 N–H and O–H groups in total. The maximum absolute atomic E-state index is 13.2. The Morgan fingerprint density at radius 2 is 1.95 bits per heavy atom. The van der Waals surface area contributed by atoms with Crippen LogP contribution in [0.25, 0.3) is 0 Å². The molecule has 1 amide bonds. The van der Waals surface area contributed by atoms with Crippen LogP contribution in [0, 0.1) is 5.82 Å². The number of halogens is 4. The Bertz CT molecular complexity index is 751. The maximum Gasteiger partial charge on any atom is 0.228 e. The number of carbonyl (C=O) groups is 1. The van der Waals surface area contributed by atoms with E-state index in [0.717, 1.165) is 22.4 Å². The molecule has 1 aliphatic rings. The quantitative estimate of drug-likeness (QED) is 0.711. The van der Waals surface area contributed by atoms with Crippen molar-refractivity contribution in [1.29, 1.82) is 0 Å². The molecule has 3 rings (SSSR count). The zero-order valence-corrected chi connectivity index (χ0v) is 13.7. The highest BCUT2D eigenvalue weighted by Gasteiger charge is 2.23. The van der Waals surface area contributed by atoms with E-state index in [9.17, 15) is 9.18 Å². The number of carbonyl (C=O) groups excluding carboxylic acids is 1. The first-order valence-electron chi connectivity index (χ1n) is 6.17. The fourth-order valence-corrected chi connectivity index (χ4v) is 3.57. The molecule has 0 bridgehead atoms. The van der Waals surface area contributed by atoms with Gasteiger partial charge in [0.15, 0.2) is 0 Å². The fourth-order valence-electron chi connectivity index (χ4n) is 2.31. The summed E-state index contributed by atoms with van der Waals surface area (Å²) in [5.41, 5.74) is 3.25. The van der Waals surface area contributed by atoms with Crippen molar-refractivity contribution in [2.75, 3.05) is 5.32 Å². The van der Waals surface area contributed by atoms with E-state index in [1.807, 2.05) is 6.07 Å². The van der Waals surface area contributed by atoms with Gasteiger partial charge in [0.2, 0.25) is 5.91 Å². The molecule has 108 valence electrons. The number of benzene rings is 2. The normalized spacial score (nSPS) is 14.8.